The van der Waals surface area contributed by atoms with E-state index in [1.807, 2.05) is 6.07 Å². The summed E-state index contributed by atoms with van der Waals surface area (Å²) in [5, 5.41) is 3.56. The summed E-state index contributed by atoms with van der Waals surface area (Å²) in [4.78, 5) is 0. The van der Waals surface area contributed by atoms with Crippen molar-refractivity contribution in [3.63, 3.8) is 0 Å². The van der Waals surface area contributed by atoms with Crippen LogP contribution >= 0.6 is 0 Å². The van der Waals surface area contributed by atoms with Crippen molar-refractivity contribution in [2.24, 2.45) is 5.92 Å². The van der Waals surface area contributed by atoms with Gasteiger partial charge in [-0.15, -0.1) is 0 Å². The Morgan fingerprint density at radius 1 is 1.24 bits per heavy atom. The van der Waals surface area contributed by atoms with Gasteiger partial charge in [-0.05, 0) is 24.1 Å². The molecule has 1 atom stereocenters. The number of hydrogen-bond acceptors (Lipinski definition) is 1. The van der Waals surface area contributed by atoms with Gasteiger partial charge in [0.05, 0.1) is 0 Å². The summed E-state index contributed by atoms with van der Waals surface area (Å²) in [7, 11) is 0. The van der Waals surface area contributed by atoms with Gasteiger partial charge in [-0.1, -0.05) is 43.0 Å². The number of allylic oxidation sites excluding steroid dienone is 4. The average molecular weight is 221 g/mol. The minimum atomic E-state index is 0.551. The topological polar surface area (TPSA) is 12.0 Å². The number of benzene rings is 1. The highest BCUT2D eigenvalue weighted by Crippen LogP contribution is 2.24. The Morgan fingerprint density at radius 3 is 3.06 bits per heavy atom. The number of hydrogen-bond donors (Lipinski definition) is 1. The smallest absolute Gasteiger partial charge is 0.0438 e. The molecular formula is C16H15N. The van der Waals surface area contributed by atoms with Crippen molar-refractivity contribution in [1.29, 1.82) is 0 Å². The molecule has 84 valence electrons. The maximum Gasteiger partial charge on any atom is 0.0438 e. The fourth-order valence-corrected chi connectivity index (χ4v) is 2.36. The van der Waals surface area contributed by atoms with Gasteiger partial charge in [-0.2, -0.15) is 0 Å². The van der Waals surface area contributed by atoms with Crippen molar-refractivity contribution in [2.75, 3.05) is 0 Å². The van der Waals surface area contributed by atoms with E-state index in [9.17, 15) is 0 Å². The Morgan fingerprint density at radius 2 is 2.12 bits per heavy atom. The van der Waals surface area contributed by atoms with Gasteiger partial charge in [-0.25, -0.2) is 0 Å². The third kappa shape index (κ3) is 1.87. The highest BCUT2D eigenvalue weighted by Gasteiger charge is 2.16. The van der Waals surface area contributed by atoms with Crippen molar-refractivity contribution in [3.8, 4) is 11.8 Å². The Balaban J connectivity index is 2.08. The Labute approximate surface area is 102 Å². The highest BCUT2D eigenvalue weighted by molar-refractivity contribution is 5.52. The first-order valence-corrected chi connectivity index (χ1v) is 6.09. The molecule has 1 aliphatic carbocycles. The van der Waals surface area contributed by atoms with Crippen LogP contribution in [0.4, 0.5) is 0 Å². The van der Waals surface area contributed by atoms with E-state index in [1.54, 1.807) is 0 Å². The predicted molar refractivity (Wildman–Crippen MR) is 70.1 cm³/mol. The van der Waals surface area contributed by atoms with E-state index in [1.165, 1.54) is 11.3 Å². The van der Waals surface area contributed by atoms with Crippen LogP contribution in [0.15, 0.2) is 47.7 Å². The summed E-state index contributed by atoms with van der Waals surface area (Å²) in [6.45, 7) is 3.13. The van der Waals surface area contributed by atoms with Gasteiger partial charge in [0.25, 0.3) is 0 Å². The van der Waals surface area contributed by atoms with Crippen LogP contribution in [0.3, 0.4) is 0 Å². The summed E-state index contributed by atoms with van der Waals surface area (Å²) < 4.78 is 0. The first-order chi connectivity index (χ1) is 8.34. The zero-order valence-corrected chi connectivity index (χ0v) is 9.96. The Bertz CT molecular complexity index is 567. The molecule has 1 nitrogen and oxygen atoms in total. The molecule has 2 aliphatic rings. The lowest BCUT2D eigenvalue weighted by atomic mass is 9.92. The molecule has 3 rings (SSSR count). The molecule has 0 spiro atoms. The monoisotopic (exact) mass is 221 g/mol. The highest BCUT2D eigenvalue weighted by atomic mass is 14.9. The van der Waals surface area contributed by atoms with Gasteiger partial charge >= 0.3 is 0 Å². The summed E-state index contributed by atoms with van der Waals surface area (Å²) >= 11 is 0. The number of rotatable bonds is 0. The molecule has 0 aromatic heterocycles. The van der Waals surface area contributed by atoms with Crippen LogP contribution < -0.4 is 5.32 Å². The molecule has 0 amide bonds. The molecule has 1 heteroatoms. The fourth-order valence-electron chi connectivity index (χ4n) is 2.36. The zero-order chi connectivity index (χ0) is 11.7. The molecule has 17 heavy (non-hydrogen) atoms. The Kier molecular flexibility index (Phi) is 2.49. The lowest BCUT2D eigenvalue weighted by molar-refractivity contribution is 0.598. The van der Waals surface area contributed by atoms with E-state index in [2.05, 4.69) is 54.4 Å². The van der Waals surface area contributed by atoms with Gasteiger partial charge in [0.15, 0.2) is 0 Å². The van der Waals surface area contributed by atoms with E-state index in [0.717, 1.165) is 24.1 Å². The largest absolute Gasteiger partial charge is 0.383 e. The van der Waals surface area contributed by atoms with Crippen LogP contribution in [0, 0.1) is 17.8 Å². The quantitative estimate of drug-likeness (QED) is 0.664. The summed E-state index contributed by atoms with van der Waals surface area (Å²) in [5.41, 5.74) is 4.87. The molecule has 1 aromatic rings. The van der Waals surface area contributed by atoms with E-state index < -0.39 is 0 Å². The van der Waals surface area contributed by atoms with Gasteiger partial charge in [0.2, 0.25) is 0 Å². The minimum Gasteiger partial charge on any atom is -0.383 e. The zero-order valence-electron chi connectivity index (χ0n) is 9.96. The second kappa shape index (κ2) is 4.14. The maximum absolute atomic E-state index is 3.56. The molecule has 0 radical (unpaired) electrons. The molecule has 1 unspecified atom stereocenters. The van der Waals surface area contributed by atoms with Crippen molar-refractivity contribution in [2.45, 2.75) is 19.9 Å². The normalized spacial score (nSPS) is 21.4. The van der Waals surface area contributed by atoms with Crippen LogP contribution in [0.25, 0.3) is 0 Å². The standard InChI is InChI=1S/C16H15N/c1-12-5-4-8-14-10-9-13-6-2-3-7-15(13)11-17-16(12)14/h2-4,6-8,12,17H,5,11H2,1H3. The third-order valence-corrected chi connectivity index (χ3v) is 3.38. The molecular weight excluding hydrogens is 206 g/mol. The van der Waals surface area contributed by atoms with Gasteiger partial charge in [-0.3, -0.25) is 0 Å². The third-order valence-electron chi connectivity index (χ3n) is 3.38. The molecule has 0 saturated carbocycles. The molecule has 0 fully saturated rings. The van der Waals surface area contributed by atoms with Gasteiger partial charge in [0, 0.05) is 29.3 Å². The molecule has 0 saturated heterocycles. The molecule has 1 heterocycles. The lowest BCUT2D eigenvalue weighted by Crippen LogP contribution is -2.22. The molecule has 1 aliphatic heterocycles. The van der Waals surface area contributed by atoms with E-state index >= 15 is 0 Å². The fraction of sp³-hybridized carbons (Fsp3) is 0.250. The number of nitrogens with one attached hydrogen (secondary N) is 1. The van der Waals surface area contributed by atoms with Crippen LogP contribution in [0.2, 0.25) is 0 Å². The second-order valence-electron chi connectivity index (χ2n) is 4.63. The first kappa shape index (κ1) is 10.2. The van der Waals surface area contributed by atoms with Crippen LogP contribution in [0.5, 0.6) is 0 Å². The molecule has 1 N–H and O–H groups in total. The van der Waals surface area contributed by atoms with Crippen molar-refractivity contribution in [3.05, 3.63) is 58.8 Å². The van der Waals surface area contributed by atoms with Crippen LogP contribution in [0.1, 0.15) is 24.5 Å². The number of fused-ring (bicyclic) bond motifs is 1. The predicted octanol–water partition coefficient (Wildman–Crippen LogP) is 2.99. The van der Waals surface area contributed by atoms with E-state index in [0.29, 0.717) is 5.92 Å². The first-order valence-electron chi connectivity index (χ1n) is 6.09. The maximum atomic E-state index is 3.56. The molecule has 1 aromatic carbocycles. The van der Waals surface area contributed by atoms with Crippen molar-refractivity contribution in [1.82, 2.24) is 5.32 Å². The van der Waals surface area contributed by atoms with Gasteiger partial charge < -0.3 is 5.32 Å². The second-order valence-corrected chi connectivity index (χ2v) is 4.63. The average Bonchev–Trinajstić information content (AvgIpc) is 2.33. The van der Waals surface area contributed by atoms with Crippen LogP contribution in [-0.2, 0) is 6.54 Å². The summed E-state index contributed by atoms with van der Waals surface area (Å²) in [6.07, 6.45) is 5.46. The lowest BCUT2D eigenvalue weighted by Gasteiger charge is -2.23. The van der Waals surface area contributed by atoms with Crippen molar-refractivity contribution >= 4 is 0 Å². The van der Waals surface area contributed by atoms with Crippen LogP contribution in [-0.4, -0.2) is 0 Å². The summed E-state index contributed by atoms with van der Waals surface area (Å²) in [6, 6.07) is 8.35. The van der Waals surface area contributed by atoms with E-state index in [-0.39, 0.29) is 0 Å². The van der Waals surface area contributed by atoms with Crippen molar-refractivity contribution < 1.29 is 0 Å². The molecule has 0 bridgehead atoms. The van der Waals surface area contributed by atoms with E-state index in [4.69, 9.17) is 0 Å². The Hall–Kier alpha value is -1.94. The minimum absolute atomic E-state index is 0.551. The SMILES string of the molecule is CC1CC=CC2=C1NCc1ccccc1C#C2. The summed E-state index contributed by atoms with van der Waals surface area (Å²) in [5.74, 6) is 7.13. The van der Waals surface area contributed by atoms with Gasteiger partial charge in [0.1, 0.15) is 0 Å².